The molecule has 6 nitrogen and oxygen atoms in total. The third-order valence-corrected chi connectivity index (χ3v) is 6.80. The Labute approximate surface area is 215 Å². The molecule has 1 fully saturated rings. The zero-order chi connectivity index (χ0) is 25.2. The van der Waals surface area contributed by atoms with Crippen LogP contribution in [0.15, 0.2) is 83.9 Å². The van der Waals surface area contributed by atoms with Crippen molar-refractivity contribution in [1.29, 1.82) is 0 Å². The lowest BCUT2D eigenvalue weighted by atomic mass is 10.1. The molecule has 1 aliphatic rings. The molecule has 5 rings (SSSR count). The van der Waals surface area contributed by atoms with E-state index in [1.165, 1.54) is 12.1 Å². The number of hydrogen-bond donors (Lipinski definition) is 1. The van der Waals surface area contributed by atoms with E-state index in [0.29, 0.717) is 17.3 Å². The number of rotatable bonds is 6. The second-order valence-electron chi connectivity index (χ2n) is 8.21. The number of amides is 3. The second kappa shape index (κ2) is 10.0. The average molecular weight is 520 g/mol. The van der Waals surface area contributed by atoms with Crippen molar-refractivity contribution in [3.63, 3.8) is 0 Å². The first-order valence-electron chi connectivity index (χ1n) is 11.0. The standard InChI is InChI=1S/C27H19ClFN3O3S/c28-20-5-7-22(8-6-20)30-25(33)16-32-26(34)24(36-27(32)35)14-17-4-9-23-19(12-17)10-11-31(23)15-18-2-1-3-21(29)13-18/h1-14H,15-16H2,(H,30,33)/b24-14+. The molecule has 0 aliphatic carbocycles. The van der Waals surface area contributed by atoms with Gasteiger partial charge in [-0.25, -0.2) is 4.39 Å². The van der Waals surface area contributed by atoms with Crippen LogP contribution in [0.2, 0.25) is 5.02 Å². The molecule has 9 heteroatoms. The summed E-state index contributed by atoms with van der Waals surface area (Å²) >= 11 is 6.65. The van der Waals surface area contributed by atoms with Crippen LogP contribution in [0.1, 0.15) is 11.1 Å². The largest absolute Gasteiger partial charge is 0.343 e. The van der Waals surface area contributed by atoms with E-state index in [9.17, 15) is 18.8 Å². The molecule has 0 atom stereocenters. The van der Waals surface area contributed by atoms with Crippen LogP contribution in [0.3, 0.4) is 0 Å². The van der Waals surface area contributed by atoms with Crippen LogP contribution in [0.4, 0.5) is 14.9 Å². The Kier molecular flexibility index (Phi) is 6.63. The van der Waals surface area contributed by atoms with Gasteiger partial charge >= 0.3 is 0 Å². The Morgan fingerprint density at radius 2 is 1.83 bits per heavy atom. The number of benzene rings is 3. The number of thioether (sulfide) groups is 1. The van der Waals surface area contributed by atoms with Gasteiger partial charge in [0.1, 0.15) is 12.4 Å². The van der Waals surface area contributed by atoms with Crippen molar-refractivity contribution in [1.82, 2.24) is 9.47 Å². The van der Waals surface area contributed by atoms with Gasteiger partial charge in [0.25, 0.3) is 11.1 Å². The molecule has 1 aliphatic heterocycles. The molecule has 1 saturated heterocycles. The van der Waals surface area contributed by atoms with Gasteiger partial charge in [0.05, 0.1) is 4.91 Å². The Balaban J connectivity index is 1.29. The van der Waals surface area contributed by atoms with Crippen molar-refractivity contribution in [2.45, 2.75) is 6.54 Å². The van der Waals surface area contributed by atoms with E-state index in [0.717, 1.165) is 38.7 Å². The summed E-state index contributed by atoms with van der Waals surface area (Å²) in [4.78, 5) is 38.8. The van der Waals surface area contributed by atoms with Gasteiger partial charge in [0, 0.05) is 34.4 Å². The fourth-order valence-corrected chi connectivity index (χ4v) is 4.91. The topological polar surface area (TPSA) is 71.4 Å². The number of hydrogen-bond acceptors (Lipinski definition) is 4. The van der Waals surface area contributed by atoms with Crippen molar-refractivity contribution >= 4 is 63.1 Å². The van der Waals surface area contributed by atoms with E-state index >= 15 is 0 Å². The van der Waals surface area contributed by atoms with Gasteiger partial charge in [0.15, 0.2) is 0 Å². The number of halogens is 2. The van der Waals surface area contributed by atoms with Crippen molar-refractivity contribution in [2.24, 2.45) is 0 Å². The first kappa shape index (κ1) is 23.8. The number of anilines is 1. The highest BCUT2D eigenvalue weighted by atomic mass is 35.5. The van der Waals surface area contributed by atoms with Gasteiger partial charge in [-0.05, 0) is 83.6 Å². The monoisotopic (exact) mass is 519 g/mol. The molecular weight excluding hydrogens is 501 g/mol. The third-order valence-electron chi connectivity index (χ3n) is 5.64. The van der Waals surface area contributed by atoms with E-state index in [1.807, 2.05) is 41.1 Å². The number of nitrogens with one attached hydrogen (secondary N) is 1. The van der Waals surface area contributed by atoms with Crippen LogP contribution in [-0.4, -0.2) is 33.1 Å². The predicted octanol–water partition coefficient (Wildman–Crippen LogP) is 6.16. The minimum atomic E-state index is -0.514. The van der Waals surface area contributed by atoms with Crippen LogP contribution in [0.25, 0.3) is 17.0 Å². The van der Waals surface area contributed by atoms with Crippen molar-refractivity contribution in [3.05, 3.63) is 106 Å². The average Bonchev–Trinajstić information content (AvgIpc) is 3.36. The molecule has 3 amide bonds. The maximum Gasteiger partial charge on any atom is 0.294 e. The Morgan fingerprint density at radius 1 is 1.03 bits per heavy atom. The Morgan fingerprint density at radius 3 is 2.61 bits per heavy atom. The summed E-state index contributed by atoms with van der Waals surface area (Å²) in [7, 11) is 0. The number of carbonyl (C=O) groups is 3. The first-order chi connectivity index (χ1) is 17.4. The van der Waals surface area contributed by atoms with Crippen LogP contribution in [0, 0.1) is 5.82 Å². The van der Waals surface area contributed by atoms with E-state index < -0.39 is 17.1 Å². The van der Waals surface area contributed by atoms with Crippen LogP contribution < -0.4 is 5.32 Å². The molecule has 0 bridgehead atoms. The quantitative estimate of drug-likeness (QED) is 0.310. The van der Waals surface area contributed by atoms with E-state index in [1.54, 1.807) is 36.4 Å². The number of nitrogens with zero attached hydrogens (tertiary/aromatic N) is 2. The van der Waals surface area contributed by atoms with Gasteiger partial charge in [-0.3, -0.25) is 19.3 Å². The first-order valence-corrected chi connectivity index (χ1v) is 12.2. The smallest absolute Gasteiger partial charge is 0.294 e. The lowest BCUT2D eigenvalue weighted by Gasteiger charge is -2.12. The molecule has 3 aromatic carbocycles. The number of carbonyl (C=O) groups excluding carboxylic acids is 3. The van der Waals surface area contributed by atoms with Crippen molar-refractivity contribution < 1.29 is 18.8 Å². The van der Waals surface area contributed by atoms with E-state index in [4.69, 9.17) is 11.6 Å². The molecule has 4 aromatic rings. The number of aromatic nitrogens is 1. The number of imide groups is 1. The summed E-state index contributed by atoms with van der Waals surface area (Å²) in [6.45, 7) is 0.143. The van der Waals surface area contributed by atoms with Crippen LogP contribution in [0.5, 0.6) is 0 Å². The summed E-state index contributed by atoms with van der Waals surface area (Å²) in [6.07, 6.45) is 3.57. The molecule has 0 unspecified atom stereocenters. The molecule has 1 aromatic heterocycles. The lowest BCUT2D eigenvalue weighted by Crippen LogP contribution is -2.36. The number of fused-ring (bicyclic) bond motifs is 1. The van der Waals surface area contributed by atoms with E-state index in [2.05, 4.69) is 5.32 Å². The summed E-state index contributed by atoms with van der Waals surface area (Å²) in [5.74, 6) is -1.27. The summed E-state index contributed by atoms with van der Waals surface area (Å²) in [5.41, 5.74) is 3.08. The van der Waals surface area contributed by atoms with Gasteiger partial charge in [0.2, 0.25) is 5.91 Å². The molecule has 1 N–H and O–H groups in total. The predicted molar refractivity (Wildman–Crippen MR) is 140 cm³/mol. The molecule has 0 radical (unpaired) electrons. The molecule has 0 spiro atoms. The maximum atomic E-state index is 13.5. The molecule has 0 saturated carbocycles. The Hall–Kier alpha value is -3.88. The summed E-state index contributed by atoms with van der Waals surface area (Å²) in [6, 6.07) is 20.6. The van der Waals surface area contributed by atoms with Crippen LogP contribution >= 0.6 is 23.4 Å². The fraction of sp³-hybridized carbons (Fsp3) is 0.0741. The highest BCUT2D eigenvalue weighted by Crippen LogP contribution is 2.33. The van der Waals surface area contributed by atoms with Crippen molar-refractivity contribution in [2.75, 3.05) is 11.9 Å². The van der Waals surface area contributed by atoms with Gasteiger partial charge in [-0.2, -0.15) is 0 Å². The molecule has 36 heavy (non-hydrogen) atoms. The summed E-state index contributed by atoms with van der Waals surface area (Å²) in [5, 5.41) is 3.63. The minimum Gasteiger partial charge on any atom is -0.343 e. The molecule has 2 heterocycles. The SMILES string of the molecule is O=C(CN1C(=O)S/C(=C/c2ccc3c(ccn3Cc3cccc(F)c3)c2)C1=O)Nc1ccc(Cl)cc1. The van der Waals surface area contributed by atoms with E-state index in [-0.39, 0.29) is 17.3 Å². The summed E-state index contributed by atoms with van der Waals surface area (Å²) < 4.78 is 15.5. The van der Waals surface area contributed by atoms with Gasteiger partial charge in [-0.15, -0.1) is 0 Å². The molecular formula is C27H19ClFN3O3S. The molecule has 180 valence electrons. The highest BCUT2D eigenvalue weighted by Gasteiger charge is 2.36. The van der Waals surface area contributed by atoms with Crippen molar-refractivity contribution in [3.8, 4) is 0 Å². The normalized spacial score (nSPS) is 14.7. The minimum absolute atomic E-state index is 0.248. The zero-order valence-corrected chi connectivity index (χ0v) is 20.4. The van der Waals surface area contributed by atoms with Gasteiger partial charge < -0.3 is 9.88 Å². The fourth-order valence-electron chi connectivity index (χ4n) is 3.94. The highest BCUT2D eigenvalue weighted by molar-refractivity contribution is 8.18. The van der Waals surface area contributed by atoms with Gasteiger partial charge in [-0.1, -0.05) is 29.8 Å². The third kappa shape index (κ3) is 5.19. The Bertz CT molecular complexity index is 1530. The maximum absolute atomic E-state index is 13.5. The zero-order valence-electron chi connectivity index (χ0n) is 18.8. The second-order valence-corrected chi connectivity index (χ2v) is 9.64. The van der Waals surface area contributed by atoms with Crippen LogP contribution in [-0.2, 0) is 16.1 Å². The lowest BCUT2D eigenvalue weighted by molar-refractivity contribution is -0.127.